The van der Waals surface area contributed by atoms with E-state index in [1.807, 2.05) is 18.7 Å². The van der Waals surface area contributed by atoms with Gasteiger partial charge in [-0.25, -0.2) is 9.18 Å². The van der Waals surface area contributed by atoms with Crippen LogP contribution in [0.3, 0.4) is 0 Å². The summed E-state index contributed by atoms with van der Waals surface area (Å²) >= 11 is 0. The van der Waals surface area contributed by atoms with E-state index in [2.05, 4.69) is 0 Å². The number of carboxylic acid groups (broad SMARTS) is 1. The van der Waals surface area contributed by atoms with Gasteiger partial charge in [-0.1, -0.05) is 0 Å². The van der Waals surface area contributed by atoms with Gasteiger partial charge in [0.15, 0.2) is 0 Å². The molecule has 0 aliphatic heterocycles. The number of rotatable bonds is 6. The number of carbonyl (C=O) groups is 1. The summed E-state index contributed by atoms with van der Waals surface area (Å²) in [4.78, 5) is 12.7. The smallest absolute Gasteiger partial charge is 0.338 e. The van der Waals surface area contributed by atoms with Gasteiger partial charge in [-0.3, -0.25) is 0 Å². The zero-order valence-corrected chi connectivity index (χ0v) is 11.1. The fourth-order valence-electron chi connectivity index (χ4n) is 1.89. The summed E-state index contributed by atoms with van der Waals surface area (Å²) < 4.78 is 13.7. The van der Waals surface area contributed by atoms with Crippen LogP contribution in [0.5, 0.6) is 0 Å². The molecule has 0 unspecified atom stereocenters. The zero-order chi connectivity index (χ0) is 14.6. The fraction of sp³-hybridized carbons (Fsp3) is 0.462. The second kappa shape index (κ2) is 6.38. The maximum Gasteiger partial charge on any atom is 0.338 e. The summed E-state index contributed by atoms with van der Waals surface area (Å²) in [7, 11) is 0. The molecule has 0 fully saturated rings. The maximum absolute atomic E-state index is 13.7. The lowest BCUT2D eigenvalue weighted by Gasteiger charge is -2.30. The number of nitrogens with two attached hydrogens (primary N) is 1. The Bertz CT molecular complexity index is 463. The molecule has 0 aromatic heterocycles. The minimum Gasteiger partial charge on any atom is -0.478 e. The van der Waals surface area contributed by atoms with Crippen molar-refractivity contribution in [1.29, 1.82) is 0 Å². The zero-order valence-electron chi connectivity index (χ0n) is 11.1. The van der Waals surface area contributed by atoms with Gasteiger partial charge in [-0.2, -0.15) is 0 Å². The number of hydrogen-bond donors (Lipinski definition) is 3. The highest BCUT2D eigenvalue weighted by molar-refractivity contribution is 5.91. The van der Waals surface area contributed by atoms with Crippen molar-refractivity contribution in [2.75, 3.05) is 23.8 Å². The van der Waals surface area contributed by atoms with Gasteiger partial charge < -0.3 is 20.8 Å². The second-order valence-corrected chi connectivity index (χ2v) is 4.56. The van der Waals surface area contributed by atoms with Gasteiger partial charge in [0, 0.05) is 25.3 Å². The van der Waals surface area contributed by atoms with E-state index in [-0.39, 0.29) is 18.3 Å². The van der Waals surface area contributed by atoms with Crippen molar-refractivity contribution in [3.63, 3.8) is 0 Å². The van der Waals surface area contributed by atoms with Crippen LogP contribution in [0.25, 0.3) is 0 Å². The third-order valence-electron chi connectivity index (χ3n) is 2.84. The van der Waals surface area contributed by atoms with Crippen LogP contribution in [0.1, 0.15) is 30.6 Å². The van der Waals surface area contributed by atoms with E-state index in [9.17, 15) is 9.18 Å². The summed E-state index contributed by atoms with van der Waals surface area (Å²) in [5, 5.41) is 17.7. The molecule has 0 radical (unpaired) electrons. The lowest BCUT2D eigenvalue weighted by molar-refractivity contribution is 0.0692. The predicted molar refractivity (Wildman–Crippen MR) is 72.0 cm³/mol. The van der Waals surface area contributed by atoms with Crippen molar-refractivity contribution in [1.82, 2.24) is 0 Å². The SMILES string of the molecule is CC(C)N(CCCO)c1cc(F)c(C(=O)O)cc1N. The minimum absolute atomic E-state index is 0.0266. The predicted octanol–water partition coefficient (Wildman–Crippen LogP) is 1.70. The third-order valence-corrected chi connectivity index (χ3v) is 2.84. The number of benzene rings is 1. The molecule has 0 heterocycles. The van der Waals surface area contributed by atoms with Crippen molar-refractivity contribution < 1.29 is 19.4 Å². The normalized spacial score (nSPS) is 10.8. The second-order valence-electron chi connectivity index (χ2n) is 4.56. The Morgan fingerprint density at radius 2 is 2.11 bits per heavy atom. The Morgan fingerprint density at radius 1 is 1.47 bits per heavy atom. The molecule has 19 heavy (non-hydrogen) atoms. The average molecular weight is 270 g/mol. The van der Waals surface area contributed by atoms with Gasteiger partial charge in [0.2, 0.25) is 0 Å². The molecule has 0 spiro atoms. The van der Waals surface area contributed by atoms with Crippen LogP contribution in [0.4, 0.5) is 15.8 Å². The highest BCUT2D eigenvalue weighted by Crippen LogP contribution is 2.28. The van der Waals surface area contributed by atoms with Crippen molar-refractivity contribution in [2.24, 2.45) is 0 Å². The molecular weight excluding hydrogens is 251 g/mol. The number of aromatic carboxylic acids is 1. The number of carboxylic acids is 1. The van der Waals surface area contributed by atoms with Crippen molar-refractivity contribution in [3.8, 4) is 0 Å². The highest BCUT2D eigenvalue weighted by atomic mass is 19.1. The van der Waals surface area contributed by atoms with Crippen molar-refractivity contribution in [3.05, 3.63) is 23.5 Å². The Hall–Kier alpha value is -1.82. The van der Waals surface area contributed by atoms with Crippen LogP contribution in [0.2, 0.25) is 0 Å². The first-order chi connectivity index (χ1) is 8.88. The minimum atomic E-state index is -1.35. The quantitative estimate of drug-likeness (QED) is 0.685. The summed E-state index contributed by atoms with van der Waals surface area (Å²) in [6, 6.07) is 2.32. The summed E-state index contributed by atoms with van der Waals surface area (Å²) in [6.07, 6.45) is 0.528. The van der Waals surface area contributed by atoms with Gasteiger partial charge in [-0.15, -0.1) is 0 Å². The molecule has 0 aliphatic rings. The average Bonchev–Trinajstić information content (AvgIpc) is 2.32. The van der Waals surface area contributed by atoms with Crippen molar-refractivity contribution >= 4 is 17.3 Å². The lowest BCUT2D eigenvalue weighted by atomic mass is 10.1. The summed E-state index contributed by atoms with van der Waals surface area (Å²) in [5.74, 6) is -2.16. The Labute approximate surface area is 111 Å². The Morgan fingerprint density at radius 3 is 2.58 bits per heavy atom. The first kappa shape index (κ1) is 15.2. The number of aliphatic hydroxyl groups excluding tert-OH is 1. The van der Waals surface area contributed by atoms with E-state index in [0.29, 0.717) is 18.7 Å². The number of anilines is 2. The van der Waals surface area contributed by atoms with Crippen LogP contribution in [-0.4, -0.2) is 35.4 Å². The lowest BCUT2D eigenvalue weighted by Crippen LogP contribution is -2.33. The van der Waals surface area contributed by atoms with E-state index in [0.717, 1.165) is 12.1 Å². The molecular formula is C13H19FN2O3. The summed E-state index contributed by atoms with van der Waals surface area (Å²) in [6.45, 7) is 4.38. The maximum atomic E-state index is 13.7. The highest BCUT2D eigenvalue weighted by Gasteiger charge is 2.18. The first-order valence-corrected chi connectivity index (χ1v) is 6.08. The number of hydrogen-bond acceptors (Lipinski definition) is 4. The molecule has 6 heteroatoms. The van der Waals surface area contributed by atoms with E-state index >= 15 is 0 Å². The van der Waals surface area contributed by atoms with Crippen LogP contribution >= 0.6 is 0 Å². The summed E-state index contributed by atoms with van der Waals surface area (Å²) in [5.41, 5.74) is 6.03. The Kier molecular flexibility index (Phi) is 5.11. The molecule has 1 aromatic rings. The van der Waals surface area contributed by atoms with Gasteiger partial charge in [0.25, 0.3) is 0 Å². The Balaban J connectivity index is 3.17. The molecule has 0 saturated heterocycles. The molecule has 0 bridgehead atoms. The van der Waals surface area contributed by atoms with Gasteiger partial charge in [-0.05, 0) is 26.3 Å². The topological polar surface area (TPSA) is 86.8 Å². The van der Waals surface area contributed by atoms with Crippen LogP contribution < -0.4 is 10.6 Å². The number of halogens is 1. The third kappa shape index (κ3) is 3.57. The first-order valence-electron chi connectivity index (χ1n) is 6.08. The number of nitrogens with zero attached hydrogens (tertiary/aromatic N) is 1. The van der Waals surface area contributed by atoms with Crippen molar-refractivity contribution in [2.45, 2.75) is 26.3 Å². The fourth-order valence-corrected chi connectivity index (χ4v) is 1.89. The largest absolute Gasteiger partial charge is 0.478 e. The molecule has 0 amide bonds. The van der Waals surface area contributed by atoms with E-state index in [4.69, 9.17) is 15.9 Å². The molecule has 0 aliphatic carbocycles. The van der Waals surface area contributed by atoms with Crippen LogP contribution in [0, 0.1) is 5.82 Å². The van der Waals surface area contributed by atoms with E-state index in [1.54, 1.807) is 0 Å². The molecule has 1 aromatic carbocycles. The number of aliphatic hydroxyl groups is 1. The van der Waals surface area contributed by atoms with Gasteiger partial charge >= 0.3 is 5.97 Å². The van der Waals surface area contributed by atoms with Crippen LogP contribution in [0.15, 0.2) is 12.1 Å². The molecule has 1 rings (SSSR count). The van der Waals surface area contributed by atoms with Crippen LogP contribution in [-0.2, 0) is 0 Å². The van der Waals surface area contributed by atoms with Gasteiger partial charge in [0.05, 0.1) is 16.9 Å². The molecule has 4 N–H and O–H groups in total. The molecule has 0 saturated carbocycles. The number of nitrogen functional groups attached to an aromatic ring is 1. The van der Waals surface area contributed by atoms with E-state index in [1.165, 1.54) is 0 Å². The van der Waals surface area contributed by atoms with Gasteiger partial charge in [0.1, 0.15) is 5.82 Å². The van der Waals surface area contributed by atoms with E-state index < -0.39 is 17.3 Å². The standard InChI is InChI=1S/C13H19FN2O3/c1-8(2)16(4-3-5-17)12-7-10(14)9(13(18)19)6-11(12)15/h6-8,17H,3-5,15H2,1-2H3,(H,18,19). The molecule has 106 valence electrons. The monoisotopic (exact) mass is 270 g/mol. The molecule has 0 atom stereocenters. The molecule has 5 nitrogen and oxygen atoms in total.